The Morgan fingerprint density at radius 2 is 1.07 bits per heavy atom. The molecule has 1 aliphatic heterocycles. The maximum absolute atomic E-state index is 13.3. The quantitative estimate of drug-likeness (QED) is 0.0149. The van der Waals surface area contributed by atoms with Crippen LogP contribution in [0.3, 0.4) is 0 Å². The predicted octanol–water partition coefficient (Wildman–Crippen LogP) is 11.9. The number of carbonyl (C=O) groups is 2. The number of amides is 1. The molecule has 1 heterocycles. The number of allylic oxidation sites excluding steroid dienone is 19. The first-order valence-corrected chi connectivity index (χ1v) is 27.4. The third kappa shape index (κ3) is 35.8. The first-order valence-electron chi connectivity index (χ1n) is 27.4. The van der Waals surface area contributed by atoms with E-state index >= 15 is 0 Å². The third-order valence-corrected chi connectivity index (χ3v) is 12.0. The van der Waals surface area contributed by atoms with E-state index in [1.54, 1.807) is 6.08 Å². The maximum atomic E-state index is 13.3. The molecular formula is C60H97NO10. The van der Waals surface area contributed by atoms with Crippen molar-refractivity contribution < 1.29 is 49.3 Å². The fourth-order valence-electron chi connectivity index (χ4n) is 7.60. The highest BCUT2D eigenvalue weighted by molar-refractivity contribution is 5.80. The summed E-state index contributed by atoms with van der Waals surface area (Å²) in [5.74, 6) is -1.31. The zero-order valence-corrected chi connectivity index (χ0v) is 44.0. The summed E-state index contributed by atoms with van der Waals surface area (Å²) in [4.78, 5) is 26.4. The van der Waals surface area contributed by atoms with Crippen molar-refractivity contribution in [3.63, 3.8) is 0 Å². The molecule has 0 aromatic heterocycles. The summed E-state index contributed by atoms with van der Waals surface area (Å²) in [6.45, 7) is 5.51. The normalized spacial score (nSPS) is 20.6. The van der Waals surface area contributed by atoms with Gasteiger partial charge in [0.1, 0.15) is 24.4 Å². The van der Waals surface area contributed by atoms with Crippen LogP contribution in [-0.2, 0) is 23.8 Å². The van der Waals surface area contributed by atoms with E-state index in [0.29, 0.717) is 12.8 Å². The molecule has 0 bridgehead atoms. The van der Waals surface area contributed by atoms with E-state index in [4.69, 9.17) is 14.2 Å². The fraction of sp³-hybridized carbons (Fsp3) is 0.633. The highest BCUT2D eigenvalue weighted by Gasteiger charge is 2.47. The second-order valence-electron chi connectivity index (χ2n) is 18.3. The maximum Gasteiger partial charge on any atom is 0.306 e. The van der Waals surface area contributed by atoms with Crippen molar-refractivity contribution in [1.82, 2.24) is 5.32 Å². The van der Waals surface area contributed by atoms with Crippen LogP contribution in [0.4, 0.5) is 0 Å². The number of ether oxygens (including phenoxy) is 3. The Balaban J connectivity index is 2.83. The Morgan fingerprint density at radius 1 is 0.577 bits per heavy atom. The van der Waals surface area contributed by atoms with E-state index in [2.05, 4.69) is 74.7 Å². The lowest BCUT2D eigenvalue weighted by Crippen LogP contribution is -2.61. The SMILES string of the molecule is CC/C=C/C=C/C=C\C=C/C=C/CCCCCC(=O)OC1C(OCC(NC(=O)C(O)CC/C=C\C/C=C\C/C=C\C/C=C\CCCCC)C(O)/C=C/CCCCCCCCCCC)OC(CO)C(O)C1O. The molecule has 1 fully saturated rings. The number of unbranched alkanes of at least 4 members (excludes halogenated alkanes) is 15. The van der Waals surface area contributed by atoms with Crippen molar-refractivity contribution in [2.24, 2.45) is 0 Å². The summed E-state index contributed by atoms with van der Waals surface area (Å²) < 4.78 is 17.5. The minimum absolute atomic E-state index is 0.0605. The number of nitrogens with one attached hydrogen (secondary N) is 1. The first kappa shape index (κ1) is 65.1. The fourth-order valence-corrected chi connectivity index (χ4v) is 7.60. The van der Waals surface area contributed by atoms with E-state index in [1.165, 1.54) is 57.8 Å². The molecule has 1 saturated heterocycles. The van der Waals surface area contributed by atoms with Gasteiger partial charge in [-0.1, -0.05) is 213 Å². The van der Waals surface area contributed by atoms with Crippen molar-refractivity contribution in [3.05, 3.63) is 122 Å². The van der Waals surface area contributed by atoms with Gasteiger partial charge in [-0.25, -0.2) is 0 Å². The highest BCUT2D eigenvalue weighted by Crippen LogP contribution is 2.26. The number of esters is 1. The number of rotatable bonds is 43. The Labute approximate surface area is 430 Å². The van der Waals surface area contributed by atoms with Gasteiger partial charge in [-0.3, -0.25) is 9.59 Å². The van der Waals surface area contributed by atoms with Crippen LogP contribution in [0.5, 0.6) is 0 Å². The molecule has 11 heteroatoms. The third-order valence-electron chi connectivity index (χ3n) is 12.0. The van der Waals surface area contributed by atoms with Gasteiger partial charge in [0, 0.05) is 6.42 Å². The molecule has 1 rings (SSSR count). The number of carbonyl (C=O) groups excluding carboxylic acids is 2. The lowest BCUT2D eigenvalue weighted by Gasteiger charge is -2.41. The lowest BCUT2D eigenvalue weighted by molar-refractivity contribution is -0.305. The van der Waals surface area contributed by atoms with Gasteiger partial charge in [0.05, 0.1) is 25.4 Å². The summed E-state index contributed by atoms with van der Waals surface area (Å²) in [6, 6.07) is -1.07. The van der Waals surface area contributed by atoms with Crippen molar-refractivity contribution in [2.75, 3.05) is 13.2 Å². The van der Waals surface area contributed by atoms with Crippen LogP contribution in [0.25, 0.3) is 0 Å². The predicted molar refractivity (Wildman–Crippen MR) is 291 cm³/mol. The van der Waals surface area contributed by atoms with Gasteiger partial charge in [-0.2, -0.15) is 0 Å². The van der Waals surface area contributed by atoms with Crippen LogP contribution in [-0.4, -0.2) is 99.6 Å². The monoisotopic (exact) mass is 992 g/mol. The molecule has 8 atom stereocenters. The van der Waals surface area contributed by atoms with E-state index in [9.17, 15) is 35.1 Å². The summed E-state index contributed by atoms with van der Waals surface area (Å²) in [5, 5.41) is 56.6. The molecule has 0 aromatic rings. The molecular weight excluding hydrogens is 895 g/mol. The first-order chi connectivity index (χ1) is 34.7. The van der Waals surface area contributed by atoms with E-state index in [-0.39, 0.29) is 19.4 Å². The van der Waals surface area contributed by atoms with Gasteiger partial charge in [-0.15, -0.1) is 0 Å². The molecule has 0 aliphatic carbocycles. The average Bonchev–Trinajstić information content (AvgIpc) is 3.37. The Bertz CT molecular complexity index is 1610. The molecule has 0 aromatic carbocycles. The van der Waals surface area contributed by atoms with Crippen LogP contribution in [0.2, 0.25) is 0 Å². The van der Waals surface area contributed by atoms with Crippen LogP contribution in [0.1, 0.15) is 181 Å². The van der Waals surface area contributed by atoms with Crippen molar-refractivity contribution >= 4 is 11.9 Å². The molecule has 1 aliphatic rings. The number of hydrogen-bond acceptors (Lipinski definition) is 10. The van der Waals surface area contributed by atoms with E-state index in [1.807, 2.05) is 66.8 Å². The molecule has 0 saturated carbocycles. The van der Waals surface area contributed by atoms with Crippen molar-refractivity contribution in [2.45, 2.75) is 230 Å². The Kier molecular flexibility index (Phi) is 43.2. The lowest BCUT2D eigenvalue weighted by atomic mass is 9.99. The van der Waals surface area contributed by atoms with Gasteiger partial charge < -0.3 is 45.1 Å². The van der Waals surface area contributed by atoms with E-state index < -0.39 is 67.4 Å². The number of hydrogen-bond donors (Lipinski definition) is 6. The topological polar surface area (TPSA) is 175 Å². The second-order valence-corrected chi connectivity index (χ2v) is 18.3. The van der Waals surface area contributed by atoms with Gasteiger partial charge in [0.2, 0.25) is 5.91 Å². The molecule has 0 spiro atoms. The zero-order valence-electron chi connectivity index (χ0n) is 44.0. The summed E-state index contributed by atoms with van der Waals surface area (Å²) >= 11 is 0. The van der Waals surface area contributed by atoms with Gasteiger partial charge in [-0.05, 0) is 83.5 Å². The standard InChI is InChI=1S/C60H97NO10/c1-4-7-10-13-16-19-22-24-26-28-29-32-35-38-41-44-47-53(64)59(68)61-51(52(63)46-43-40-37-34-31-21-18-15-12-9-6-3)50-69-60-58(57(67)56(66)54(49-62)70-60)71-55(65)48-45-42-39-36-33-30-27-25-23-20-17-14-11-8-5-2/h8,11,14,16-17,19-20,23-27,29-30,32-33,38,41,43,46,51-54,56-58,60,62-64,66-67H,4-7,9-10,12-13,15,18,21-22,28,31,34-37,39-40,42,44-45,47-50H2,1-3H3,(H,61,68)/b11-8+,17-14+,19-16-,23-20-,26-24-,27-25-,32-29-,33-30+,41-38-,46-43+. The Morgan fingerprint density at radius 3 is 1.68 bits per heavy atom. The van der Waals surface area contributed by atoms with Crippen LogP contribution < -0.4 is 5.32 Å². The van der Waals surface area contributed by atoms with Crippen molar-refractivity contribution in [1.29, 1.82) is 0 Å². The van der Waals surface area contributed by atoms with Gasteiger partial charge in [0.25, 0.3) is 0 Å². The average molecular weight is 992 g/mol. The molecule has 1 amide bonds. The van der Waals surface area contributed by atoms with Crippen LogP contribution in [0, 0.1) is 0 Å². The van der Waals surface area contributed by atoms with E-state index in [0.717, 1.165) is 77.0 Å². The molecule has 8 unspecified atom stereocenters. The second kappa shape index (κ2) is 47.1. The summed E-state index contributed by atoms with van der Waals surface area (Å²) in [5.41, 5.74) is 0. The van der Waals surface area contributed by atoms with Crippen molar-refractivity contribution in [3.8, 4) is 0 Å². The Hall–Kier alpha value is -3.94. The van der Waals surface area contributed by atoms with Gasteiger partial charge in [0.15, 0.2) is 12.4 Å². The largest absolute Gasteiger partial charge is 0.454 e. The summed E-state index contributed by atoms with van der Waals surface area (Å²) in [6.07, 6.45) is 54.0. The minimum Gasteiger partial charge on any atom is -0.454 e. The minimum atomic E-state index is -1.65. The molecule has 11 nitrogen and oxygen atoms in total. The number of aliphatic hydroxyl groups is 5. The molecule has 0 radical (unpaired) electrons. The van der Waals surface area contributed by atoms with Crippen LogP contribution >= 0.6 is 0 Å². The van der Waals surface area contributed by atoms with Crippen LogP contribution in [0.15, 0.2) is 122 Å². The zero-order chi connectivity index (χ0) is 51.8. The van der Waals surface area contributed by atoms with Gasteiger partial charge >= 0.3 is 5.97 Å². The molecule has 402 valence electrons. The smallest absolute Gasteiger partial charge is 0.306 e. The molecule has 6 N–H and O–H groups in total. The molecule has 71 heavy (non-hydrogen) atoms. The number of aliphatic hydroxyl groups excluding tert-OH is 5. The highest BCUT2D eigenvalue weighted by atomic mass is 16.7. The summed E-state index contributed by atoms with van der Waals surface area (Å²) in [7, 11) is 0.